The number of halogens is 3. The van der Waals surface area contributed by atoms with Crippen LogP contribution in [-0.2, 0) is 6.18 Å². The lowest BCUT2D eigenvalue weighted by Crippen LogP contribution is -2.04. The van der Waals surface area contributed by atoms with Gasteiger partial charge in [0.15, 0.2) is 0 Å². The number of hydrogen-bond donors (Lipinski definition) is 0. The highest BCUT2D eigenvalue weighted by Crippen LogP contribution is 2.32. The molecule has 6 heteroatoms. The normalized spacial score (nSPS) is 11.6. The third-order valence-electron chi connectivity index (χ3n) is 4.65. The Morgan fingerprint density at radius 1 is 0.793 bits per heavy atom. The first-order chi connectivity index (χ1) is 13.8. The van der Waals surface area contributed by atoms with Crippen molar-refractivity contribution in [1.29, 1.82) is 0 Å². The van der Waals surface area contributed by atoms with Crippen molar-refractivity contribution in [2.75, 3.05) is 0 Å². The maximum Gasteiger partial charge on any atom is 0.416 e. The van der Waals surface area contributed by atoms with Crippen molar-refractivity contribution in [3.05, 3.63) is 90.1 Å². The Balaban J connectivity index is 1.72. The molecular formula is C23H18F3N3. The summed E-state index contributed by atoms with van der Waals surface area (Å²) in [7, 11) is 0. The predicted molar refractivity (Wildman–Crippen MR) is 107 cm³/mol. The minimum Gasteiger partial charge on any atom is -0.306 e. The lowest BCUT2D eigenvalue weighted by atomic mass is 10.0. The van der Waals surface area contributed by atoms with E-state index in [-0.39, 0.29) is 0 Å². The molecule has 29 heavy (non-hydrogen) atoms. The number of rotatable bonds is 3. The first kappa shape index (κ1) is 18.9. The van der Waals surface area contributed by atoms with Gasteiger partial charge in [0.1, 0.15) is 0 Å². The largest absolute Gasteiger partial charge is 0.416 e. The molecule has 0 aliphatic rings. The SMILES string of the molecule is Cc1cn(-c2cccc(-c3cc(-c4ccc(C(F)(F)F)cc4)cc(C)n3)c2)cn1. The number of aryl methyl sites for hydroxylation is 2. The van der Waals surface area contributed by atoms with Gasteiger partial charge in [-0.2, -0.15) is 13.2 Å². The Morgan fingerprint density at radius 2 is 1.55 bits per heavy atom. The fourth-order valence-electron chi connectivity index (χ4n) is 3.22. The lowest BCUT2D eigenvalue weighted by molar-refractivity contribution is -0.137. The second kappa shape index (κ2) is 7.20. The molecule has 3 nitrogen and oxygen atoms in total. The van der Waals surface area contributed by atoms with Gasteiger partial charge in [0.05, 0.1) is 23.3 Å². The van der Waals surface area contributed by atoms with Crippen LogP contribution in [0.1, 0.15) is 17.0 Å². The molecule has 2 aromatic carbocycles. The lowest BCUT2D eigenvalue weighted by Gasteiger charge is -2.11. The van der Waals surface area contributed by atoms with E-state index in [4.69, 9.17) is 0 Å². The summed E-state index contributed by atoms with van der Waals surface area (Å²) in [5, 5.41) is 0. The van der Waals surface area contributed by atoms with Gasteiger partial charge < -0.3 is 4.57 Å². The van der Waals surface area contributed by atoms with Gasteiger partial charge in [0.25, 0.3) is 0 Å². The van der Waals surface area contributed by atoms with E-state index in [2.05, 4.69) is 9.97 Å². The van der Waals surface area contributed by atoms with Gasteiger partial charge in [0, 0.05) is 23.1 Å². The molecule has 0 saturated carbocycles. The molecule has 4 aromatic rings. The third-order valence-corrected chi connectivity index (χ3v) is 4.65. The van der Waals surface area contributed by atoms with Crippen molar-refractivity contribution in [2.24, 2.45) is 0 Å². The molecule has 2 aromatic heterocycles. The fraction of sp³-hybridized carbons (Fsp3) is 0.130. The number of aromatic nitrogens is 3. The van der Waals surface area contributed by atoms with Crippen molar-refractivity contribution in [3.63, 3.8) is 0 Å². The average molecular weight is 393 g/mol. The van der Waals surface area contributed by atoms with Gasteiger partial charge in [-0.3, -0.25) is 4.98 Å². The van der Waals surface area contributed by atoms with Crippen molar-refractivity contribution in [2.45, 2.75) is 20.0 Å². The Morgan fingerprint density at radius 3 is 2.21 bits per heavy atom. The summed E-state index contributed by atoms with van der Waals surface area (Å²) in [4.78, 5) is 8.88. The van der Waals surface area contributed by atoms with Crippen LogP contribution in [0.2, 0.25) is 0 Å². The quantitative estimate of drug-likeness (QED) is 0.413. The third kappa shape index (κ3) is 4.06. The number of pyridine rings is 1. The number of nitrogens with zero attached hydrogens (tertiary/aromatic N) is 3. The fourth-order valence-corrected chi connectivity index (χ4v) is 3.22. The van der Waals surface area contributed by atoms with Gasteiger partial charge in [-0.25, -0.2) is 4.98 Å². The number of alkyl halides is 3. The van der Waals surface area contributed by atoms with Crippen molar-refractivity contribution < 1.29 is 13.2 Å². The molecule has 0 radical (unpaired) electrons. The molecule has 2 heterocycles. The number of imidazole rings is 1. The highest BCUT2D eigenvalue weighted by Gasteiger charge is 2.30. The molecule has 0 saturated heterocycles. The zero-order valence-corrected chi connectivity index (χ0v) is 15.9. The summed E-state index contributed by atoms with van der Waals surface area (Å²) >= 11 is 0. The van der Waals surface area contributed by atoms with E-state index in [1.807, 2.05) is 61.0 Å². The van der Waals surface area contributed by atoms with Crippen LogP contribution in [0.3, 0.4) is 0 Å². The molecule has 0 unspecified atom stereocenters. The van der Waals surface area contributed by atoms with Gasteiger partial charge in [0.2, 0.25) is 0 Å². The molecule has 0 aliphatic heterocycles. The first-order valence-electron chi connectivity index (χ1n) is 9.07. The Hall–Kier alpha value is -3.41. The van der Waals surface area contributed by atoms with E-state index < -0.39 is 11.7 Å². The molecule has 0 fully saturated rings. The molecule has 0 N–H and O–H groups in total. The van der Waals surface area contributed by atoms with Crippen LogP contribution in [0, 0.1) is 13.8 Å². The van der Waals surface area contributed by atoms with Gasteiger partial charge in [-0.15, -0.1) is 0 Å². The van der Waals surface area contributed by atoms with E-state index >= 15 is 0 Å². The summed E-state index contributed by atoms with van der Waals surface area (Å²) in [5.41, 5.74) is 5.24. The summed E-state index contributed by atoms with van der Waals surface area (Å²) in [6.45, 7) is 3.80. The van der Waals surface area contributed by atoms with E-state index in [0.717, 1.165) is 46.0 Å². The highest BCUT2D eigenvalue weighted by atomic mass is 19.4. The van der Waals surface area contributed by atoms with E-state index in [1.54, 1.807) is 6.33 Å². The standard InChI is InChI=1S/C23H18F3N3/c1-15-10-19(17-6-8-20(9-7-17)23(24,25)26)12-22(28-15)18-4-3-5-21(11-18)29-13-16(2)27-14-29/h3-14H,1-2H3. The number of benzene rings is 2. The first-order valence-corrected chi connectivity index (χ1v) is 9.07. The molecule has 146 valence electrons. The summed E-state index contributed by atoms with van der Waals surface area (Å²) < 4.78 is 40.4. The van der Waals surface area contributed by atoms with Crippen LogP contribution >= 0.6 is 0 Å². The van der Waals surface area contributed by atoms with Crippen LogP contribution in [0.4, 0.5) is 13.2 Å². The maximum atomic E-state index is 12.8. The van der Waals surface area contributed by atoms with E-state index in [1.165, 1.54) is 12.1 Å². The van der Waals surface area contributed by atoms with E-state index in [0.29, 0.717) is 5.56 Å². The zero-order chi connectivity index (χ0) is 20.6. The van der Waals surface area contributed by atoms with Crippen molar-refractivity contribution in [1.82, 2.24) is 14.5 Å². The highest BCUT2D eigenvalue weighted by molar-refractivity contribution is 5.72. The number of hydrogen-bond acceptors (Lipinski definition) is 2. The Labute approximate surface area is 166 Å². The molecular weight excluding hydrogens is 375 g/mol. The molecule has 4 rings (SSSR count). The van der Waals surface area contributed by atoms with Gasteiger partial charge in [-0.05, 0) is 61.4 Å². The van der Waals surface area contributed by atoms with Crippen LogP contribution in [-0.4, -0.2) is 14.5 Å². The van der Waals surface area contributed by atoms with Crippen LogP contribution in [0.5, 0.6) is 0 Å². The van der Waals surface area contributed by atoms with Crippen LogP contribution in [0.25, 0.3) is 28.1 Å². The van der Waals surface area contributed by atoms with Crippen molar-refractivity contribution in [3.8, 4) is 28.1 Å². The van der Waals surface area contributed by atoms with Gasteiger partial charge in [-0.1, -0.05) is 24.3 Å². The second-order valence-corrected chi connectivity index (χ2v) is 6.93. The minimum absolute atomic E-state index is 0.657. The van der Waals surface area contributed by atoms with Crippen LogP contribution < -0.4 is 0 Å². The molecule has 0 amide bonds. The topological polar surface area (TPSA) is 30.7 Å². The summed E-state index contributed by atoms with van der Waals surface area (Å²) in [6.07, 6.45) is -0.647. The van der Waals surface area contributed by atoms with Crippen molar-refractivity contribution >= 4 is 0 Å². The maximum absolute atomic E-state index is 12.8. The minimum atomic E-state index is -4.34. The Kier molecular flexibility index (Phi) is 4.70. The predicted octanol–water partition coefficient (Wildman–Crippen LogP) is 6.24. The smallest absolute Gasteiger partial charge is 0.306 e. The molecule has 0 spiro atoms. The second-order valence-electron chi connectivity index (χ2n) is 6.93. The summed E-state index contributed by atoms with van der Waals surface area (Å²) in [5.74, 6) is 0. The van der Waals surface area contributed by atoms with Crippen LogP contribution in [0.15, 0.2) is 73.2 Å². The molecule has 0 atom stereocenters. The molecule has 0 aliphatic carbocycles. The summed E-state index contributed by atoms with van der Waals surface area (Å²) in [6, 6.07) is 16.9. The zero-order valence-electron chi connectivity index (χ0n) is 15.9. The monoisotopic (exact) mass is 393 g/mol. The molecule has 0 bridgehead atoms. The Bertz CT molecular complexity index is 1160. The average Bonchev–Trinajstić information content (AvgIpc) is 3.13. The van der Waals surface area contributed by atoms with E-state index in [9.17, 15) is 13.2 Å². The van der Waals surface area contributed by atoms with Gasteiger partial charge >= 0.3 is 6.18 Å².